The molecule has 1 atom stereocenters. The Morgan fingerprint density at radius 3 is 2.53 bits per heavy atom. The summed E-state index contributed by atoms with van der Waals surface area (Å²) >= 11 is 0. The van der Waals surface area contributed by atoms with Crippen molar-refractivity contribution in [1.82, 2.24) is 20.1 Å². The van der Waals surface area contributed by atoms with E-state index >= 15 is 0 Å². The van der Waals surface area contributed by atoms with Crippen LogP contribution in [0, 0.1) is 6.92 Å². The topological polar surface area (TPSA) is 90.3 Å². The van der Waals surface area contributed by atoms with Gasteiger partial charge in [-0.25, -0.2) is 4.68 Å². The van der Waals surface area contributed by atoms with Crippen LogP contribution in [0.4, 0.5) is 5.95 Å². The SMILES string of the molecule is CCOc1cc([C@H]2C(C(=O)NCc3ccccc3)=C(C)Nc3ncnn32)ccc1OCc1ccc(C)cc1. The minimum Gasteiger partial charge on any atom is -0.490 e. The summed E-state index contributed by atoms with van der Waals surface area (Å²) < 4.78 is 13.8. The summed E-state index contributed by atoms with van der Waals surface area (Å²) in [6.07, 6.45) is 1.48. The van der Waals surface area contributed by atoms with Crippen LogP contribution in [0.3, 0.4) is 0 Å². The van der Waals surface area contributed by atoms with Gasteiger partial charge in [-0.1, -0.05) is 66.2 Å². The van der Waals surface area contributed by atoms with Gasteiger partial charge in [0.1, 0.15) is 19.0 Å². The highest BCUT2D eigenvalue weighted by Crippen LogP contribution is 2.38. The van der Waals surface area contributed by atoms with E-state index in [1.54, 1.807) is 4.68 Å². The lowest BCUT2D eigenvalue weighted by Crippen LogP contribution is -2.34. The fourth-order valence-corrected chi connectivity index (χ4v) is 4.49. The molecule has 194 valence electrons. The monoisotopic (exact) mass is 509 g/mol. The molecule has 2 N–H and O–H groups in total. The van der Waals surface area contributed by atoms with E-state index in [9.17, 15) is 4.79 Å². The number of aryl methyl sites for hydroxylation is 1. The van der Waals surface area contributed by atoms with Crippen LogP contribution in [0.25, 0.3) is 0 Å². The molecule has 8 heteroatoms. The summed E-state index contributed by atoms with van der Waals surface area (Å²) in [5, 5.41) is 10.7. The molecule has 0 spiro atoms. The molecule has 4 aromatic rings. The maximum Gasteiger partial charge on any atom is 0.251 e. The van der Waals surface area contributed by atoms with Gasteiger partial charge in [-0.3, -0.25) is 4.79 Å². The highest BCUT2D eigenvalue weighted by atomic mass is 16.5. The molecule has 1 amide bonds. The predicted octanol–water partition coefficient (Wildman–Crippen LogP) is 5.17. The first-order valence-corrected chi connectivity index (χ1v) is 12.7. The van der Waals surface area contributed by atoms with E-state index in [4.69, 9.17) is 9.47 Å². The number of anilines is 1. The number of hydrogen-bond acceptors (Lipinski definition) is 6. The van der Waals surface area contributed by atoms with Gasteiger partial charge in [0.05, 0.1) is 12.2 Å². The van der Waals surface area contributed by atoms with E-state index in [0.717, 1.165) is 22.4 Å². The van der Waals surface area contributed by atoms with Gasteiger partial charge in [0.2, 0.25) is 5.95 Å². The van der Waals surface area contributed by atoms with Gasteiger partial charge in [0, 0.05) is 12.2 Å². The minimum absolute atomic E-state index is 0.178. The molecule has 0 aliphatic carbocycles. The van der Waals surface area contributed by atoms with Crippen LogP contribution in [0.5, 0.6) is 11.5 Å². The molecule has 2 heterocycles. The van der Waals surface area contributed by atoms with Gasteiger partial charge in [-0.05, 0) is 49.6 Å². The van der Waals surface area contributed by atoms with Crippen molar-refractivity contribution in [2.75, 3.05) is 11.9 Å². The number of ether oxygens (including phenoxy) is 2. The van der Waals surface area contributed by atoms with E-state index < -0.39 is 6.04 Å². The fourth-order valence-electron chi connectivity index (χ4n) is 4.49. The Hall–Kier alpha value is -4.59. The number of nitrogens with zero attached hydrogens (tertiary/aromatic N) is 3. The van der Waals surface area contributed by atoms with Crippen LogP contribution < -0.4 is 20.1 Å². The highest BCUT2D eigenvalue weighted by molar-refractivity contribution is 5.96. The van der Waals surface area contributed by atoms with Crippen molar-refractivity contribution in [3.8, 4) is 11.5 Å². The summed E-state index contributed by atoms with van der Waals surface area (Å²) in [6.45, 7) is 7.19. The number of amides is 1. The summed E-state index contributed by atoms with van der Waals surface area (Å²) in [4.78, 5) is 17.9. The van der Waals surface area contributed by atoms with E-state index in [1.165, 1.54) is 11.9 Å². The van der Waals surface area contributed by atoms with Crippen molar-refractivity contribution in [2.24, 2.45) is 0 Å². The Bertz CT molecular complexity index is 1440. The Labute approximate surface area is 222 Å². The number of carbonyl (C=O) groups excluding carboxylic acids is 1. The van der Waals surface area contributed by atoms with Gasteiger partial charge >= 0.3 is 0 Å². The zero-order valence-electron chi connectivity index (χ0n) is 21.8. The van der Waals surface area contributed by atoms with Crippen molar-refractivity contribution < 1.29 is 14.3 Å². The average molecular weight is 510 g/mol. The number of carbonyl (C=O) groups is 1. The quantitative estimate of drug-likeness (QED) is 0.324. The Kier molecular flexibility index (Phi) is 7.40. The Morgan fingerprint density at radius 2 is 1.76 bits per heavy atom. The Balaban J connectivity index is 1.44. The van der Waals surface area contributed by atoms with E-state index in [2.05, 4.69) is 51.9 Å². The maximum atomic E-state index is 13.5. The first-order chi connectivity index (χ1) is 18.5. The minimum atomic E-state index is -0.491. The third-order valence-electron chi connectivity index (χ3n) is 6.43. The van der Waals surface area contributed by atoms with Crippen LogP contribution in [0.2, 0.25) is 0 Å². The third kappa shape index (κ3) is 5.39. The second-order valence-electron chi connectivity index (χ2n) is 9.18. The predicted molar refractivity (Wildman–Crippen MR) is 146 cm³/mol. The maximum absolute atomic E-state index is 13.5. The first-order valence-electron chi connectivity index (χ1n) is 12.7. The number of aromatic nitrogens is 3. The van der Waals surface area contributed by atoms with Gasteiger partial charge in [-0.2, -0.15) is 10.1 Å². The van der Waals surface area contributed by atoms with Gasteiger partial charge in [0.25, 0.3) is 5.91 Å². The zero-order valence-corrected chi connectivity index (χ0v) is 21.8. The molecule has 3 aromatic carbocycles. The van der Waals surface area contributed by atoms with Crippen LogP contribution in [0.15, 0.2) is 90.4 Å². The lowest BCUT2D eigenvalue weighted by Gasteiger charge is -2.29. The third-order valence-corrected chi connectivity index (χ3v) is 6.43. The molecule has 0 radical (unpaired) electrons. The van der Waals surface area contributed by atoms with Gasteiger partial charge < -0.3 is 20.1 Å². The van der Waals surface area contributed by atoms with Crippen LogP contribution >= 0.6 is 0 Å². The van der Waals surface area contributed by atoms with Crippen LogP contribution in [-0.2, 0) is 17.9 Å². The molecule has 1 aliphatic heterocycles. The molecule has 0 fully saturated rings. The summed E-state index contributed by atoms with van der Waals surface area (Å²) in [7, 11) is 0. The van der Waals surface area contributed by atoms with Crippen LogP contribution in [-0.4, -0.2) is 27.3 Å². The second kappa shape index (κ2) is 11.2. The lowest BCUT2D eigenvalue weighted by molar-refractivity contribution is -0.118. The molecule has 0 unspecified atom stereocenters. The van der Waals surface area contributed by atoms with Crippen molar-refractivity contribution in [2.45, 2.75) is 40.0 Å². The number of benzene rings is 3. The number of allylic oxidation sites excluding steroid dienone is 1. The summed E-state index contributed by atoms with van der Waals surface area (Å²) in [5.74, 6) is 1.64. The molecule has 8 nitrogen and oxygen atoms in total. The Morgan fingerprint density at radius 1 is 0.974 bits per heavy atom. The molecule has 38 heavy (non-hydrogen) atoms. The van der Waals surface area contributed by atoms with E-state index in [0.29, 0.717) is 42.8 Å². The molecule has 1 aliphatic rings. The molecule has 1 aromatic heterocycles. The standard InChI is InChI=1S/C30H31N5O3/c1-4-37-26-16-24(14-15-25(26)38-18-23-12-10-20(2)11-13-23)28-27(21(3)34-30-32-19-33-35(28)30)29(36)31-17-22-8-6-5-7-9-22/h5-16,19,28H,4,17-18H2,1-3H3,(H,31,36)(H,32,33,34)/t28-/m0/s1. The molecule has 0 saturated heterocycles. The fraction of sp³-hybridized carbons (Fsp3) is 0.233. The zero-order chi connectivity index (χ0) is 26.5. The number of fused-ring (bicyclic) bond motifs is 1. The van der Waals surface area contributed by atoms with Crippen molar-refractivity contribution in [3.63, 3.8) is 0 Å². The van der Waals surface area contributed by atoms with Gasteiger partial charge in [0.15, 0.2) is 11.5 Å². The second-order valence-corrected chi connectivity index (χ2v) is 9.18. The van der Waals surface area contributed by atoms with E-state index in [-0.39, 0.29) is 5.91 Å². The number of rotatable bonds is 9. The number of nitrogens with one attached hydrogen (secondary N) is 2. The van der Waals surface area contributed by atoms with Crippen molar-refractivity contribution >= 4 is 11.9 Å². The highest BCUT2D eigenvalue weighted by Gasteiger charge is 2.34. The lowest BCUT2D eigenvalue weighted by atomic mass is 9.94. The van der Waals surface area contributed by atoms with Crippen molar-refractivity contribution in [3.05, 3.63) is 113 Å². The molecule has 5 rings (SSSR count). The largest absolute Gasteiger partial charge is 0.490 e. The smallest absolute Gasteiger partial charge is 0.251 e. The van der Waals surface area contributed by atoms with Crippen LogP contribution in [0.1, 0.15) is 42.1 Å². The molecular weight excluding hydrogens is 478 g/mol. The first kappa shape index (κ1) is 25.1. The normalized spacial score (nSPS) is 14.4. The van der Waals surface area contributed by atoms with E-state index in [1.807, 2.05) is 62.4 Å². The average Bonchev–Trinajstić information content (AvgIpc) is 3.40. The molecule has 0 bridgehead atoms. The van der Waals surface area contributed by atoms with Crippen molar-refractivity contribution in [1.29, 1.82) is 0 Å². The molecule has 0 saturated carbocycles. The summed E-state index contributed by atoms with van der Waals surface area (Å²) in [6, 6.07) is 23.3. The van der Waals surface area contributed by atoms with Gasteiger partial charge in [-0.15, -0.1) is 0 Å². The summed E-state index contributed by atoms with van der Waals surface area (Å²) in [5.41, 5.74) is 5.43. The number of hydrogen-bond donors (Lipinski definition) is 2. The molecular formula is C30H31N5O3.